The molecule has 0 bridgehead atoms. The van der Waals surface area contributed by atoms with Crippen LogP contribution in [0.5, 0.6) is 0 Å². The van der Waals surface area contributed by atoms with Gasteiger partial charge < -0.3 is 9.15 Å². The van der Waals surface area contributed by atoms with Crippen LogP contribution in [-0.4, -0.2) is 36.6 Å². The third-order valence-corrected chi connectivity index (χ3v) is 4.59. The van der Waals surface area contributed by atoms with Crippen LogP contribution in [0.1, 0.15) is 31.9 Å². The molecule has 0 unspecified atom stereocenters. The Bertz CT molecular complexity index is 1090. The van der Waals surface area contributed by atoms with E-state index >= 15 is 0 Å². The van der Waals surface area contributed by atoms with Gasteiger partial charge in [-0.1, -0.05) is 60.4 Å². The van der Waals surface area contributed by atoms with Crippen molar-refractivity contribution in [2.45, 2.75) is 26.4 Å². The second kappa shape index (κ2) is 10.7. The summed E-state index contributed by atoms with van der Waals surface area (Å²) < 4.78 is 10.6. The van der Waals surface area contributed by atoms with Crippen molar-refractivity contribution in [3.8, 4) is 23.0 Å². The molecule has 0 amide bonds. The van der Waals surface area contributed by atoms with Crippen LogP contribution < -0.4 is 0 Å². The second-order valence-electron chi connectivity index (χ2n) is 8.61. The minimum atomic E-state index is -0.485. The zero-order chi connectivity index (χ0) is 23.0. The average Bonchev–Trinajstić information content (AvgIpc) is 3.28. The molecule has 164 valence electrons. The molecular formula is C28H29NO3. The Morgan fingerprint density at radius 1 is 1.03 bits per heavy atom. The highest BCUT2D eigenvalue weighted by molar-refractivity contribution is 5.80. The summed E-state index contributed by atoms with van der Waals surface area (Å²) in [5.41, 5.74) is 4.54. The highest BCUT2D eigenvalue weighted by Crippen LogP contribution is 2.20. The summed E-state index contributed by atoms with van der Waals surface area (Å²) in [6.07, 6.45) is 5.44. The number of rotatable bonds is 6. The summed E-state index contributed by atoms with van der Waals surface area (Å²) in [4.78, 5) is 14.0. The number of hydrogen-bond acceptors (Lipinski definition) is 4. The molecule has 0 radical (unpaired) electrons. The lowest BCUT2D eigenvalue weighted by molar-refractivity contribution is -0.155. The van der Waals surface area contributed by atoms with E-state index in [0.717, 1.165) is 27.8 Å². The van der Waals surface area contributed by atoms with E-state index in [1.165, 1.54) is 0 Å². The van der Waals surface area contributed by atoms with Gasteiger partial charge in [0, 0.05) is 23.2 Å². The molecule has 0 N–H and O–H groups in total. The van der Waals surface area contributed by atoms with E-state index in [1.54, 1.807) is 12.5 Å². The number of benzene rings is 2. The summed E-state index contributed by atoms with van der Waals surface area (Å²) in [7, 11) is 1.89. The summed E-state index contributed by atoms with van der Waals surface area (Å²) in [6, 6.07) is 20.1. The fraction of sp³-hybridized carbons (Fsp3) is 0.250. The molecule has 0 aliphatic heterocycles. The third-order valence-electron chi connectivity index (χ3n) is 4.59. The number of hydrogen-bond donors (Lipinski definition) is 0. The summed E-state index contributed by atoms with van der Waals surface area (Å²) in [6.45, 7) is 6.41. The zero-order valence-electron chi connectivity index (χ0n) is 19.1. The van der Waals surface area contributed by atoms with Crippen LogP contribution in [0, 0.1) is 11.8 Å². The Kier molecular flexibility index (Phi) is 7.70. The summed E-state index contributed by atoms with van der Waals surface area (Å²) in [5.74, 6) is 6.33. The molecular weight excluding hydrogens is 398 g/mol. The maximum atomic E-state index is 12.1. The van der Waals surface area contributed by atoms with Gasteiger partial charge >= 0.3 is 5.97 Å². The van der Waals surface area contributed by atoms with Crippen molar-refractivity contribution < 1.29 is 13.9 Å². The molecule has 0 fully saturated rings. The number of carbonyl (C=O) groups excluding carboxylic acids is 1. The Hall–Kier alpha value is -3.55. The quantitative estimate of drug-likeness (QED) is 0.376. The molecule has 1 aromatic heterocycles. The van der Waals surface area contributed by atoms with Gasteiger partial charge in [0.2, 0.25) is 0 Å². The fourth-order valence-electron chi connectivity index (χ4n) is 3.08. The van der Waals surface area contributed by atoms with Crippen LogP contribution in [0.3, 0.4) is 0 Å². The van der Waals surface area contributed by atoms with Gasteiger partial charge in [0.25, 0.3) is 0 Å². The Morgan fingerprint density at radius 3 is 2.38 bits per heavy atom. The van der Waals surface area contributed by atoms with Gasteiger partial charge in [0.1, 0.15) is 5.60 Å². The first kappa shape index (κ1) is 23.1. The molecule has 0 aliphatic rings. The maximum Gasteiger partial charge on any atom is 0.320 e. The average molecular weight is 428 g/mol. The van der Waals surface area contributed by atoms with Crippen LogP contribution in [-0.2, 0) is 9.53 Å². The van der Waals surface area contributed by atoms with Crippen LogP contribution in [0.4, 0.5) is 0 Å². The van der Waals surface area contributed by atoms with Crippen molar-refractivity contribution in [2.24, 2.45) is 0 Å². The first-order valence-electron chi connectivity index (χ1n) is 10.6. The summed E-state index contributed by atoms with van der Waals surface area (Å²) in [5, 5.41) is 0. The minimum Gasteiger partial charge on any atom is -0.472 e. The first-order valence-corrected chi connectivity index (χ1v) is 10.6. The number of allylic oxidation sites excluding steroid dienone is 1. The molecule has 0 saturated heterocycles. The molecule has 3 aromatic rings. The lowest BCUT2D eigenvalue weighted by atomic mass is 10.0. The first-order chi connectivity index (χ1) is 15.3. The SMILES string of the molecule is CN(CC=C(C#Cc1ccc(-c2ccoc2)cc1)c1ccccc1)CC(=O)OC(C)(C)C. The molecule has 0 spiro atoms. The topological polar surface area (TPSA) is 42.7 Å². The van der Waals surface area contributed by atoms with Gasteiger partial charge in [-0.2, -0.15) is 0 Å². The van der Waals surface area contributed by atoms with Gasteiger partial charge in [-0.05, 0) is 57.1 Å². The molecule has 32 heavy (non-hydrogen) atoms. The number of likely N-dealkylation sites (N-methyl/N-ethyl adjacent to an activating group) is 1. The van der Waals surface area contributed by atoms with Gasteiger partial charge in [-0.15, -0.1) is 0 Å². The number of esters is 1. The minimum absolute atomic E-state index is 0.221. The molecule has 4 heteroatoms. The van der Waals surface area contributed by atoms with Gasteiger partial charge in [-0.3, -0.25) is 9.69 Å². The van der Waals surface area contributed by atoms with Gasteiger partial charge in [0.05, 0.1) is 19.1 Å². The van der Waals surface area contributed by atoms with Crippen LogP contribution in [0.15, 0.2) is 83.7 Å². The number of ether oxygens (including phenoxy) is 1. The molecule has 2 aromatic carbocycles. The van der Waals surface area contributed by atoms with Crippen LogP contribution in [0.2, 0.25) is 0 Å². The van der Waals surface area contributed by atoms with Crippen molar-refractivity contribution >= 4 is 11.5 Å². The molecule has 0 atom stereocenters. The van der Waals surface area contributed by atoms with Gasteiger partial charge in [0.15, 0.2) is 0 Å². The van der Waals surface area contributed by atoms with Crippen LogP contribution >= 0.6 is 0 Å². The van der Waals surface area contributed by atoms with Crippen molar-refractivity contribution in [3.63, 3.8) is 0 Å². The predicted molar refractivity (Wildman–Crippen MR) is 129 cm³/mol. The Balaban J connectivity index is 1.74. The monoisotopic (exact) mass is 427 g/mol. The van der Waals surface area contributed by atoms with E-state index in [1.807, 2.05) is 99.5 Å². The Morgan fingerprint density at radius 2 is 1.75 bits per heavy atom. The number of carbonyl (C=O) groups is 1. The molecule has 3 rings (SSSR count). The highest BCUT2D eigenvalue weighted by atomic mass is 16.6. The van der Waals surface area contributed by atoms with Gasteiger partial charge in [-0.25, -0.2) is 0 Å². The molecule has 0 aliphatic carbocycles. The van der Waals surface area contributed by atoms with Crippen molar-refractivity contribution in [2.75, 3.05) is 20.1 Å². The fourth-order valence-corrected chi connectivity index (χ4v) is 3.08. The highest BCUT2D eigenvalue weighted by Gasteiger charge is 2.17. The standard InChI is InChI=1S/C28H29NO3/c1-28(2,3)32-27(30)20-29(4)18-16-25(23-8-6-5-7-9-23)15-12-22-10-13-24(14-11-22)26-17-19-31-21-26/h5-11,13-14,16-17,19,21H,18,20H2,1-4H3. The summed E-state index contributed by atoms with van der Waals surface area (Å²) >= 11 is 0. The van der Waals surface area contributed by atoms with E-state index < -0.39 is 5.60 Å². The predicted octanol–water partition coefficient (Wildman–Crippen LogP) is 5.66. The van der Waals surface area contributed by atoms with Crippen molar-refractivity contribution in [3.05, 3.63) is 90.4 Å². The molecule has 4 nitrogen and oxygen atoms in total. The number of furan rings is 1. The molecule has 1 heterocycles. The van der Waals surface area contributed by atoms with E-state index in [4.69, 9.17) is 9.15 Å². The van der Waals surface area contributed by atoms with Crippen molar-refractivity contribution in [1.29, 1.82) is 0 Å². The number of nitrogens with zero attached hydrogens (tertiary/aromatic N) is 1. The molecule has 0 saturated carbocycles. The second-order valence-corrected chi connectivity index (χ2v) is 8.61. The zero-order valence-corrected chi connectivity index (χ0v) is 19.1. The third kappa shape index (κ3) is 7.30. The van der Waals surface area contributed by atoms with Crippen molar-refractivity contribution in [1.82, 2.24) is 4.90 Å². The maximum absolute atomic E-state index is 12.1. The van der Waals surface area contributed by atoms with Crippen LogP contribution in [0.25, 0.3) is 16.7 Å². The lowest BCUT2D eigenvalue weighted by Crippen LogP contribution is -2.32. The normalized spacial score (nSPS) is 11.7. The lowest BCUT2D eigenvalue weighted by Gasteiger charge is -2.22. The smallest absolute Gasteiger partial charge is 0.320 e. The Labute approximate surface area is 190 Å². The van der Waals surface area contributed by atoms with E-state index in [0.29, 0.717) is 6.54 Å². The van der Waals surface area contributed by atoms with E-state index in [-0.39, 0.29) is 12.5 Å². The van der Waals surface area contributed by atoms with E-state index in [2.05, 4.69) is 11.8 Å². The largest absolute Gasteiger partial charge is 0.472 e. The van der Waals surface area contributed by atoms with E-state index in [9.17, 15) is 4.79 Å².